The van der Waals surface area contributed by atoms with Gasteiger partial charge in [-0.2, -0.15) is 0 Å². The number of aromatic hydroxyl groups is 1. The third-order valence-electron chi connectivity index (χ3n) is 2.66. The summed E-state index contributed by atoms with van der Waals surface area (Å²) in [6.07, 6.45) is 0. The number of carbonyl (C=O) groups excluding carboxylic acids is 1. The van der Waals surface area contributed by atoms with E-state index in [4.69, 9.17) is 14.9 Å². The minimum atomic E-state index is -1.02. The van der Waals surface area contributed by atoms with Crippen molar-refractivity contribution in [3.63, 3.8) is 0 Å². The Labute approximate surface area is 115 Å². The first-order chi connectivity index (χ1) is 9.56. The molecule has 2 aromatic carbocycles. The second-order valence-electron chi connectivity index (χ2n) is 4.09. The van der Waals surface area contributed by atoms with Crippen molar-refractivity contribution in [2.45, 2.75) is 0 Å². The summed E-state index contributed by atoms with van der Waals surface area (Å²) < 4.78 is 5.28. The van der Waals surface area contributed by atoms with Crippen LogP contribution in [0.2, 0.25) is 0 Å². The number of aromatic carboxylic acids is 1. The van der Waals surface area contributed by atoms with E-state index in [9.17, 15) is 9.59 Å². The highest BCUT2D eigenvalue weighted by Crippen LogP contribution is 2.14. The van der Waals surface area contributed by atoms with Crippen molar-refractivity contribution in [2.24, 2.45) is 0 Å². The quantitative estimate of drug-likeness (QED) is 0.816. The first-order valence-electron chi connectivity index (χ1n) is 5.84. The normalized spacial score (nSPS) is 10.0. The third-order valence-corrected chi connectivity index (χ3v) is 2.66. The van der Waals surface area contributed by atoms with E-state index in [0.29, 0.717) is 11.3 Å². The number of carboxylic acid groups (broad SMARTS) is 1. The van der Waals surface area contributed by atoms with Crippen LogP contribution in [-0.4, -0.2) is 28.6 Å². The molecule has 0 radical (unpaired) electrons. The van der Waals surface area contributed by atoms with Gasteiger partial charge in [-0.15, -0.1) is 0 Å². The fraction of sp³-hybridized carbons (Fsp3) is 0.0667. The lowest BCUT2D eigenvalue weighted by Gasteiger charge is -2.06. The average molecular weight is 272 g/mol. The first kappa shape index (κ1) is 13.6. The molecular weight excluding hydrogens is 260 g/mol. The Kier molecular flexibility index (Phi) is 4.00. The first-order valence-corrected chi connectivity index (χ1v) is 5.84. The molecule has 2 aromatic rings. The monoisotopic (exact) mass is 272 g/mol. The number of rotatable bonds is 5. The molecule has 5 heteroatoms. The molecule has 0 bridgehead atoms. The highest BCUT2D eigenvalue weighted by atomic mass is 16.5. The topological polar surface area (TPSA) is 83.8 Å². The summed E-state index contributed by atoms with van der Waals surface area (Å²) in [5, 5.41) is 17.9. The number of ether oxygens (including phenoxy) is 1. The summed E-state index contributed by atoms with van der Waals surface area (Å²) in [5.74, 6) is -0.738. The highest BCUT2D eigenvalue weighted by molar-refractivity contribution is 5.97. The lowest BCUT2D eigenvalue weighted by atomic mass is 10.1. The largest absolute Gasteiger partial charge is 0.508 e. The van der Waals surface area contributed by atoms with E-state index in [1.54, 1.807) is 0 Å². The van der Waals surface area contributed by atoms with Crippen molar-refractivity contribution in [1.82, 2.24) is 0 Å². The maximum atomic E-state index is 11.8. The molecule has 2 rings (SSSR count). The van der Waals surface area contributed by atoms with Crippen LogP contribution in [0.3, 0.4) is 0 Å². The number of phenolic OH excluding ortho intramolecular Hbond substituents is 1. The van der Waals surface area contributed by atoms with Gasteiger partial charge >= 0.3 is 5.97 Å². The Morgan fingerprint density at radius 2 is 1.45 bits per heavy atom. The third kappa shape index (κ3) is 3.35. The summed E-state index contributed by atoms with van der Waals surface area (Å²) in [4.78, 5) is 22.5. The predicted molar refractivity (Wildman–Crippen MR) is 71.3 cm³/mol. The molecule has 20 heavy (non-hydrogen) atoms. The van der Waals surface area contributed by atoms with Gasteiger partial charge in [0, 0.05) is 5.56 Å². The Bertz CT molecular complexity index is 614. The molecule has 0 aromatic heterocycles. The second-order valence-corrected chi connectivity index (χ2v) is 4.09. The fourth-order valence-corrected chi connectivity index (χ4v) is 1.57. The molecule has 0 saturated heterocycles. The number of benzene rings is 2. The number of ketones is 1. The van der Waals surface area contributed by atoms with Crippen molar-refractivity contribution in [3.8, 4) is 11.5 Å². The molecule has 102 valence electrons. The van der Waals surface area contributed by atoms with Gasteiger partial charge in [-0.1, -0.05) is 0 Å². The number of Topliss-reactive ketones (excluding diaryl/α,β-unsaturated/α-hetero) is 1. The zero-order chi connectivity index (χ0) is 14.5. The van der Waals surface area contributed by atoms with E-state index >= 15 is 0 Å². The Morgan fingerprint density at radius 1 is 0.900 bits per heavy atom. The summed E-state index contributed by atoms with van der Waals surface area (Å²) in [6, 6.07) is 11.7. The van der Waals surface area contributed by atoms with Gasteiger partial charge < -0.3 is 14.9 Å². The van der Waals surface area contributed by atoms with E-state index in [0.717, 1.165) is 0 Å². The molecule has 0 heterocycles. The molecule has 0 aliphatic carbocycles. The lowest BCUT2D eigenvalue weighted by molar-refractivity contribution is 0.0696. The van der Waals surface area contributed by atoms with Crippen molar-refractivity contribution in [1.29, 1.82) is 0 Å². The summed E-state index contributed by atoms with van der Waals surface area (Å²) >= 11 is 0. The predicted octanol–water partition coefficient (Wildman–Crippen LogP) is 2.35. The van der Waals surface area contributed by atoms with Crippen LogP contribution in [0.15, 0.2) is 48.5 Å². The zero-order valence-corrected chi connectivity index (χ0v) is 10.4. The van der Waals surface area contributed by atoms with Gasteiger partial charge in [0.1, 0.15) is 11.5 Å². The highest BCUT2D eigenvalue weighted by Gasteiger charge is 2.07. The van der Waals surface area contributed by atoms with Gasteiger partial charge in [-0.25, -0.2) is 4.79 Å². The van der Waals surface area contributed by atoms with E-state index in [1.807, 2.05) is 0 Å². The van der Waals surface area contributed by atoms with Crippen LogP contribution in [0.5, 0.6) is 11.5 Å². The molecular formula is C15H12O5. The number of hydrogen-bond acceptors (Lipinski definition) is 4. The molecule has 0 atom stereocenters. The van der Waals surface area contributed by atoms with Crippen molar-refractivity contribution in [3.05, 3.63) is 59.7 Å². The van der Waals surface area contributed by atoms with Crippen molar-refractivity contribution >= 4 is 11.8 Å². The van der Waals surface area contributed by atoms with Gasteiger partial charge in [0.05, 0.1) is 5.56 Å². The molecule has 0 unspecified atom stereocenters. The Hall–Kier alpha value is -2.82. The van der Waals surface area contributed by atoms with Crippen LogP contribution in [0.4, 0.5) is 0 Å². The second kappa shape index (κ2) is 5.88. The molecule has 5 nitrogen and oxygen atoms in total. The SMILES string of the molecule is O=C(O)c1ccc(OCC(=O)c2ccc(O)cc2)cc1. The molecule has 0 aliphatic rings. The van der Waals surface area contributed by atoms with Gasteiger partial charge in [0.2, 0.25) is 0 Å². The smallest absolute Gasteiger partial charge is 0.335 e. The molecule has 0 aliphatic heterocycles. The number of phenols is 1. The molecule has 0 spiro atoms. The summed E-state index contributed by atoms with van der Waals surface area (Å²) in [6.45, 7) is -0.156. The standard InChI is InChI=1S/C15H12O5/c16-12-5-1-10(2-6-12)14(17)9-20-13-7-3-11(4-8-13)15(18)19/h1-8,16H,9H2,(H,18,19). The van der Waals surface area contributed by atoms with Crippen LogP contribution in [-0.2, 0) is 0 Å². The van der Waals surface area contributed by atoms with Crippen LogP contribution >= 0.6 is 0 Å². The lowest BCUT2D eigenvalue weighted by Crippen LogP contribution is -2.11. The van der Waals surface area contributed by atoms with E-state index in [2.05, 4.69) is 0 Å². The van der Waals surface area contributed by atoms with Crippen LogP contribution < -0.4 is 4.74 Å². The van der Waals surface area contributed by atoms with Crippen LogP contribution in [0, 0.1) is 0 Å². The molecule has 0 saturated carbocycles. The molecule has 2 N–H and O–H groups in total. The summed E-state index contributed by atoms with van der Waals surface area (Å²) in [5.41, 5.74) is 0.590. The molecule has 0 amide bonds. The van der Waals surface area contributed by atoms with Gasteiger partial charge in [0.25, 0.3) is 0 Å². The maximum Gasteiger partial charge on any atom is 0.335 e. The van der Waals surface area contributed by atoms with Crippen molar-refractivity contribution in [2.75, 3.05) is 6.61 Å². The summed E-state index contributed by atoms with van der Waals surface area (Å²) in [7, 11) is 0. The minimum absolute atomic E-state index is 0.0896. The van der Waals surface area contributed by atoms with Crippen LogP contribution in [0.1, 0.15) is 20.7 Å². The molecule has 0 fully saturated rings. The number of carbonyl (C=O) groups is 2. The van der Waals surface area contributed by atoms with E-state index in [-0.39, 0.29) is 23.7 Å². The van der Waals surface area contributed by atoms with Gasteiger partial charge in [-0.05, 0) is 48.5 Å². The Balaban J connectivity index is 1.96. The number of hydrogen-bond donors (Lipinski definition) is 2. The fourth-order valence-electron chi connectivity index (χ4n) is 1.57. The van der Waals surface area contributed by atoms with E-state index < -0.39 is 5.97 Å². The average Bonchev–Trinajstić information content (AvgIpc) is 2.46. The van der Waals surface area contributed by atoms with E-state index in [1.165, 1.54) is 48.5 Å². The minimum Gasteiger partial charge on any atom is -0.508 e. The van der Waals surface area contributed by atoms with Gasteiger partial charge in [0.15, 0.2) is 12.4 Å². The van der Waals surface area contributed by atoms with Crippen LogP contribution in [0.25, 0.3) is 0 Å². The van der Waals surface area contributed by atoms with Crippen molar-refractivity contribution < 1.29 is 24.5 Å². The number of carboxylic acids is 1. The zero-order valence-electron chi connectivity index (χ0n) is 10.4. The maximum absolute atomic E-state index is 11.8. The van der Waals surface area contributed by atoms with Gasteiger partial charge in [-0.3, -0.25) is 4.79 Å². The Morgan fingerprint density at radius 3 is 2.00 bits per heavy atom.